The molecule has 1 aromatic carbocycles. The molecule has 0 saturated carbocycles. The van der Waals surface area contributed by atoms with Crippen molar-refractivity contribution in [2.45, 2.75) is 31.8 Å². The molecule has 4 rings (SSSR count). The number of carbonyl (C=O) groups excluding carboxylic acids is 1. The summed E-state index contributed by atoms with van der Waals surface area (Å²) in [4.78, 5) is 20.5. The summed E-state index contributed by atoms with van der Waals surface area (Å²) in [6.07, 6.45) is 1.88. The van der Waals surface area contributed by atoms with Gasteiger partial charge in [0.25, 0.3) is 0 Å². The van der Waals surface area contributed by atoms with Gasteiger partial charge in [-0.2, -0.15) is 0 Å². The second-order valence-corrected chi connectivity index (χ2v) is 8.57. The van der Waals surface area contributed by atoms with Crippen molar-refractivity contribution in [1.82, 2.24) is 15.6 Å². The zero-order valence-electron chi connectivity index (χ0n) is 14.6. The second kappa shape index (κ2) is 7.63. The normalized spacial score (nSPS) is 16.6. The molecule has 7 heteroatoms. The predicted octanol–water partition coefficient (Wildman–Crippen LogP) is 4.39. The summed E-state index contributed by atoms with van der Waals surface area (Å²) in [6.45, 7) is 3.86. The third kappa shape index (κ3) is 3.83. The van der Waals surface area contributed by atoms with Crippen LogP contribution in [-0.4, -0.2) is 30.1 Å². The average molecular weight is 387 g/mol. The molecule has 0 radical (unpaired) electrons. The van der Waals surface area contributed by atoms with Crippen molar-refractivity contribution in [3.05, 3.63) is 46.7 Å². The summed E-state index contributed by atoms with van der Waals surface area (Å²) >= 11 is 3.41. The Morgan fingerprint density at radius 3 is 2.77 bits per heavy atom. The van der Waals surface area contributed by atoms with E-state index in [1.807, 2.05) is 30.5 Å². The molecule has 2 aromatic heterocycles. The fourth-order valence-electron chi connectivity index (χ4n) is 3.24. The lowest BCUT2D eigenvalue weighted by atomic mass is 10.1. The Morgan fingerprint density at radius 2 is 2.04 bits per heavy atom. The molecule has 26 heavy (non-hydrogen) atoms. The Bertz CT molecular complexity index is 836. The number of piperidine rings is 1. The van der Waals surface area contributed by atoms with Crippen LogP contribution in [0.15, 0.2) is 41.8 Å². The molecule has 0 aliphatic carbocycles. The number of aromatic nitrogens is 1. The molecule has 1 atom stereocenters. The van der Waals surface area contributed by atoms with E-state index in [9.17, 15) is 4.79 Å². The number of thiazole rings is 1. The molecule has 3 aromatic rings. The molecular weight excluding hydrogens is 364 g/mol. The van der Waals surface area contributed by atoms with Crippen molar-refractivity contribution >= 4 is 44.1 Å². The first kappa shape index (κ1) is 17.3. The second-order valence-electron chi connectivity index (χ2n) is 6.58. The maximum Gasteiger partial charge on any atom is 0.315 e. The average Bonchev–Trinajstić information content (AvgIpc) is 3.32. The highest BCUT2D eigenvalue weighted by Crippen LogP contribution is 2.30. The van der Waals surface area contributed by atoms with E-state index in [0.717, 1.165) is 36.6 Å². The van der Waals surface area contributed by atoms with Crippen LogP contribution in [0.1, 0.15) is 30.7 Å². The van der Waals surface area contributed by atoms with E-state index in [0.29, 0.717) is 0 Å². The van der Waals surface area contributed by atoms with Crippen LogP contribution in [0.5, 0.6) is 0 Å². The SMILES string of the molecule is C[C@H](NC(=O)NC1CCN(c2nc3ccccc3s2)CC1)c1cccs1. The van der Waals surface area contributed by atoms with Crippen LogP contribution in [0.2, 0.25) is 0 Å². The van der Waals surface area contributed by atoms with Crippen molar-refractivity contribution in [2.75, 3.05) is 18.0 Å². The summed E-state index contributed by atoms with van der Waals surface area (Å²) in [7, 11) is 0. The van der Waals surface area contributed by atoms with E-state index in [4.69, 9.17) is 4.98 Å². The zero-order chi connectivity index (χ0) is 17.9. The third-order valence-electron chi connectivity index (χ3n) is 4.70. The number of hydrogen-bond acceptors (Lipinski definition) is 5. The molecular formula is C19H22N4OS2. The maximum absolute atomic E-state index is 12.2. The molecule has 0 spiro atoms. The Labute approximate surface area is 161 Å². The first-order chi connectivity index (χ1) is 12.7. The molecule has 0 bridgehead atoms. The number of nitrogens with one attached hydrogen (secondary N) is 2. The van der Waals surface area contributed by atoms with Gasteiger partial charge in [0, 0.05) is 24.0 Å². The number of benzene rings is 1. The number of nitrogens with zero attached hydrogens (tertiary/aromatic N) is 2. The topological polar surface area (TPSA) is 57.3 Å². The number of amides is 2. The van der Waals surface area contributed by atoms with Gasteiger partial charge in [-0.3, -0.25) is 0 Å². The van der Waals surface area contributed by atoms with Gasteiger partial charge >= 0.3 is 6.03 Å². The largest absolute Gasteiger partial charge is 0.348 e. The number of anilines is 1. The molecule has 1 aliphatic heterocycles. The number of rotatable bonds is 4. The number of hydrogen-bond donors (Lipinski definition) is 2. The van der Waals surface area contributed by atoms with Gasteiger partial charge in [0.1, 0.15) is 0 Å². The predicted molar refractivity (Wildman–Crippen MR) is 109 cm³/mol. The first-order valence-corrected chi connectivity index (χ1v) is 10.6. The highest BCUT2D eigenvalue weighted by molar-refractivity contribution is 7.22. The molecule has 1 aliphatic rings. The third-order valence-corrected chi connectivity index (χ3v) is 6.85. The van der Waals surface area contributed by atoms with E-state index < -0.39 is 0 Å². The molecule has 2 amide bonds. The summed E-state index contributed by atoms with van der Waals surface area (Å²) < 4.78 is 1.23. The first-order valence-electron chi connectivity index (χ1n) is 8.90. The highest BCUT2D eigenvalue weighted by Gasteiger charge is 2.23. The minimum Gasteiger partial charge on any atom is -0.348 e. The summed E-state index contributed by atoms with van der Waals surface area (Å²) in [5.41, 5.74) is 1.06. The lowest BCUT2D eigenvalue weighted by Crippen LogP contribution is -2.48. The minimum atomic E-state index is -0.0793. The smallest absolute Gasteiger partial charge is 0.315 e. The van der Waals surface area contributed by atoms with Crippen LogP contribution in [0, 0.1) is 0 Å². The van der Waals surface area contributed by atoms with Gasteiger partial charge in [0.05, 0.1) is 16.3 Å². The molecule has 3 heterocycles. The van der Waals surface area contributed by atoms with Crippen LogP contribution in [0.25, 0.3) is 10.2 Å². The molecule has 1 fully saturated rings. The van der Waals surface area contributed by atoms with Crippen LogP contribution in [0.4, 0.5) is 9.93 Å². The number of carbonyl (C=O) groups is 1. The van der Waals surface area contributed by atoms with E-state index in [2.05, 4.69) is 33.7 Å². The van der Waals surface area contributed by atoms with Crippen LogP contribution in [0.3, 0.4) is 0 Å². The van der Waals surface area contributed by atoms with E-state index >= 15 is 0 Å². The molecule has 136 valence electrons. The van der Waals surface area contributed by atoms with Gasteiger partial charge < -0.3 is 15.5 Å². The number of urea groups is 1. The number of fused-ring (bicyclic) bond motifs is 1. The Hall–Kier alpha value is -2.12. The molecule has 5 nitrogen and oxygen atoms in total. The minimum absolute atomic E-state index is 0.0397. The van der Waals surface area contributed by atoms with Gasteiger partial charge in [-0.15, -0.1) is 11.3 Å². The molecule has 1 saturated heterocycles. The Kier molecular flexibility index (Phi) is 5.08. The van der Waals surface area contributed by atoms with Gasteiger partial charge in [-0.05, 0) is 43.3 Å². The fraction of sp³-hybridized carbons (Fsp3) is 0.368. The van der Waals surface area contributed by atoms with Gasteiger partial charge in [0.15, 0.2) is 5.13 Å². The van der Waals surface area contributed by atoms with E-state index in [-0.39, 0.29) is 18.1 Å². The lowest BCUT2D eigenvalue weighted by Gasteiger charge is -2.32. The summed E-state index contributed by atoms with van der Waals surface area (Å²) in [6, 6.07) is 12.5. The zero-order valence-corrected chi connectivity index (χ0v) is 16.3. The lowest BCUT2D eigenvalue weighted by molar-refractivity contribution is 0.231. The fourth-order valence-corrected chi connectivity index (χ4v) is 4.99. The van der Waals surface area contributed by atoms with Crippen molar-refractivity contribution in [3.63, 3.8) is 0 Å². The monoisotopic (exact) mass is 386 g/mol. The van der Waals surface area contributed by atoms with Crippen LogP contribution in [-0.2, 0) is 0 Å². The van der Waals surface area contributed by atoms with E-state index in [1.165, 1.54) is 9.58 Å². The maximum atomic E-state index is 12.2. The summed E-state index contributed by atoms with van der Waals surface area (Å²) in [5.74, 6) is 0. The summed E-state index contributed by atoms with van der Waals surface area (Å²) in [5, 5.41) is 9.26. The van der Waals surface area contributed by atoms with Crippen molar-refractivity contribution in [1.29, 1.82) is 0 Å². The van der Waals surface area contributed by atoms with Gasteiger partial charge in [-0.25, -0.2) is 9.78 Å². The molecule has 0 unspecified atom stereocenters. The molecule has 2 N–H and O–H groups in total. The highest BCUT2D eigenvalue weighted by atomic mass is 32.1. The van der Waals surface area contributed by atoms with Crippen LogP contribution < -0.4 is 15.5 Å². The number of thiophene rings is 1. The quantitative estimate of drug-likeness (QED) is 0.699. The Morgan fingerprint density at radius 1 is 1.23 bits per heavy atom. The van der Waals surface area contributed by atoms with Crippen LogP contribution >= 0.6 is 22.7 Å². The van der Waals surface area contributed by atoms with Gasteiger partial charge in [-0.1, -0.05) is 29.5 Å². The van der Waals surface area contributed by atoms with E-state index in [1.54, 1.807) is 22.7 Å². The van der Waals surface area contributed by atoms with Crippen molar-refractivity contribution in [2.24, 2.45) is 0 Å². The van der Waals surface area contributed by atoms with Crippen molar-refractivity contribution in [3.8, 4) is 0 Å². The standard InChI is InChI=1S/C19H22N4OS2/c1-13(16-7-4-12-25-16)20-18(24)21-14-8-10-23(11-9-14)19-22-15-5-2-3-6-17(15)26-19/h2-7,12-14H,8-11H2,1H3,(H2,20,21,24)/t13-/m0/s1. The van der Waals surface area contributed by atoms with Crippen molar-refractivity contribution < 1.29 is 4.79 Å². The number of para-hydroxylation sites is 1. The Balaban J connectivity index is 1.28. The van der Waals surface area contributed by atoms with Gasteiger partial charge in [0.2, 0.25) is 0 Å².